The number of aliphatic hydroxyl groups is 1. The van der Waals surface area contributed by atoms with E-state index in [9.17, 15) is 5.11 Å². The largest absolute Gasteiger partial charge is 0.389 e. The Morgan fingerprint density at radius 3 is 2.71 bits per heavy atom. The van der Waals surface area contributed by atoms with Gasteiger partial charge in [-0.25, -0.2) is 0 Å². The minimum absolute atomic E-state index is 0.199. The summed E-state index contributed by atoms with van der Waals surface area (Å²) in [7, 11) is 0. The lowest BCUT2D eigenvalue weighted by molar-refractivity contribution is -0.114. The van der Waals surface area contributed by atoms with Crippen LogP contribution < -0.4 is 5.32 Å². The fraction of sp³-hybridized carbons (Fsp3) is 0.800. The zero-order valence-corrected chi connectivity index (χ0v) is 8.78. The van der Waals surface area contributed by atoms with E-state index < -0.39 is 6.10 Å². The monoisotopic (exact) mass is 200 g/mol. The van der Waals surface area contributed by atoms with Crippen molar-refractivity contribution in [3.8, 4) is 0 Å². The number of rotatable bonds is 5. The molecule has 0 aromatic carbocycles. The van der Waals surface area contributed by atoms with E-state index in [-0.39, 0.29) is 6.23 Å². The van der Waals surface area contributed by atoms with Gasteiger partial charge in [0.15, 0.2) is 0 Å². The fourth-order valence-electron chi connectivity index (χ4n) is 1.65. The molecule has 14 heavy (non-hydrogen) atoms. The summed E-state index contributed by atoms with van der Waals surface area (Å²) in [5, 5.41) is 12.8. The number of ether oxygens (including phenoxy) is 1. The molecule has 0 bridgehead atoms. The van der Waals surface area contributed by atoms with Gasteiger partial charge in [-0.2, -0.15) is 0 Å². The minimum Gasteiger partial charge on any atom is -0.389 e. The Bertz CT molecular complexity index is 168. The van der Waals surface area contributed by atoms with Crippen LogP contribution in [-0.4, -0.2) is 55.1 Å². The average molecular weight is 200 g/mol. The SMILES string of the molecule is C=CCOC(C(C)O)N1CCNCC1. The van der Waals surface area contributed by atoms with Crippen LogP contribution in [0.25, 0.3) is 0 Å². The van der Waals surface area contributed by atoms with E-state index in [1.807, 2.05) is 0 Å². The predicted octanol–water partition coefficient (Wildman–Crippen LogP) is -0.199. The van der Waals surface area contributed by atoms with Crippen molar-refractivity contribution in [3.63, 3.8) is 0 Å². The first kappa shape index (κ1) is 11.7. The van der Waals surface area contributed by atoms with Crippen LogP contribution >= 0.6 is 0 Å². The molecule has 0 radical (unpaired) electrons. The number of hydrogen-bond acceptors (Lipinski definition) is 4. The highest BCUT2D eigenvalue weighted by Crippen LogP contribution is 2.07. The molecule has 1 rings (SSSR count). The number of nitrogens with one attached hydrogen (secondary N) is 1. The van der Waals surface area contributed by atoms with Crippen molar-refractivity contribution in [2.75, 3.05) is 32.8 Å². The maximum Gasteiger partial charge on any atom is 0.137 e. The summed E-state index contributed by atoms with van der Waals surface area (Å²) in [5.41, 5.74) is 0. The Morgan fingerprint density at radius 2 is 2.21 bits per heavy atom. The number of piperazine rings is 1. The molecule has 4 heteroatoms. The van der Waals surface area contributed by atoms with Crippen LogP contribution in [0.1, 0.15) is 6.92 Å². The molecule has 0 aliphatic carbocycles. The van der Waals surface area contributed by atoms with Gasteiger partial charge in [0.1, 0.15) is 6.23 Å². The fourth-order valence-corrected chi connectivity index (χ4v) is 1.65. The van der Waals surface area contributed by atoms with Crippen molar-refractivity contribution in [1.29, 1.82) is 0 Å². The summed E-state index contributed by atoms with van der Waals surface area (Å²) in [5.74, 6) is 0. The van der Waals surface area contributed by atoms with Gasteiger partial charge >= 0.3 is 0 Å². The molecule has 0 saturated carbocycles. The Morgan fingerprint density at radius 1 is 1.57 bits per heavy atom. The first-order chi connectivity index (χ1) is 6.75. The Hall–Kier alpha value is -0.420. The smallest absolute Gasteiger partial charge is 0.137 e. The average Bonchev–Trinajstić information content (AvgIpc) is 2.19. The van der Waals surface area contributed by atoms with Crippen molar-refractivity contribution in [1.82, 2.24) is 10.2 Å². The molecule has 4 nitrogen and oxygen atoms in total. The molecule has 1 aliphatic heterocycles. The molecule has 0 aromatic heterocycles. The third-order valence-electron chi connectivity index (χ3n) is 2.31. The zero-order chi connectivity index (χ0) is 10.4. The molecule has 2 unspecified atom stereocenters. The molecular formula is C10H20N2O2. The van der Waals surface area contributed by atoms with Crippen molar-refractivity contribution in [2.24, 2.45) is 0 Å². The van der Waals surface area contributed by atoms with E-state index in [4.69, 9.17) is 4.74 Å². The third-order valence-corrected chi connectivity index (χ3v) is 2.31. The van der Waals surface area contributed by atoms with E-state index in [0.717, 1.165) is 26.2 Å². The van der Waals surface area contributed by atoms with Gasteiger partial charge in [-0.05, 0) is 6.92 Å². The van der Waals surface area contributed by atoms with E-state index in [0.29, 0.717) is 6.61 Å². The molecular weight excluding hydrogens is 180 g/mol. The van der Waals surface area contributed by atoms with Crippen LogP contribution in [0.3, 0.4) is 0 Å². The highest BCUT2D eigenvalue weighted by Gasteiger charge is 2.24. The topological polar surface area (TPSA) is 44.7 Å². The van der Waals surface area contributed by atoms with Crippen molar-refractivity contribution in [3.05, 3.63) is 12.7 Å². The lowest BCUT2D eigenvalue weighted by Crippen LogP contribution is -2.53. The van der Waals surface area contributed by atoms with Crippen LogP contribution in [0.15, 0.2) is 12.7 Å². The summed E-state index contributed by atoms with van der Waals surface area (Å²) < 4.78 is 5.52. The predicted molar refractivity (Wildman–Crippen MR) is 56.1 cm³/mol. The van der Waals surface area contributed by atoms with Gasteiger partial charge in [-0.15, -0.1) is 6.58 Å². The van der Waals surface area contributed by atoms with E-state index in [1.165, 1.54) is 0 Å². The third kappa shape index (κ3) is 3.38. The number of hydrogen-bond donors (Lipinski definition) is 2. The quantitative estimate of drug-likeness (QED) is 0.603. The van der Waals surface area contributed by atoms with E-state index in [1.54, 1.807) is 13.0 Å². The molecule has 0 spiro atoms. The molecule has 0 aromatic rings. The summed E-state index contributed by atoms with van der Waals surface area (Å²) in [6.45, 7) is 9.61. The van der Waals surface area contributed by atoms with Crippen molar-refractivity contribution in [2.45, 2.75) is 19.3 Å². The summed E-state index contributed by atoms with van der Waals surface area (Å²) in [6.07, 6.45) is 1.04. The normalized spacial score (nSPS) is 23.0. The standard InChI is InChI=1S/C10H20N2O2/c1-3-8-14-10(9(2)13)12-6-4-11-5-7-12/h3,9-11,13H,1,4-8H2,2H3. The Balaban J connectivity index is 2.42. The lowest BCUT2D eigenvalue weighted by atomic mass is 10.2. The molecule has 2 N–H and O–H groups in total. The van der Waals surface area contributed by atoms with Crippen LogP contribution in [-0.2, 0) is 4.74 Å². The van der Waals surface area contributed by atoms with Gasteiger partial charge in [0.05, 0.1) is 12.7 Å². The second kappa shape index (κ2) is 6.14. The maximum atomic E-state index is 9.57. The van der Waals surface area contributed by atoms with Crippen molar-refractivity contribution < 1.29 is 9.84 Å². The van der Waals surface area contributed by atoms with Gasteiger partial charge in [-0.1, -0.05) is 6.08 Å². The maximum absolute atomic E-state index is 9.57. The van der Waals surface area contributed by atoms with Crippen molar-refractivity contribution >= 4 is 0 Å². The molecule has 2 atom stereocenters. The van der Waals surface area contributed by atoms with Gasteiger partial charge < -0.3 is 15.2 Å². The zero-order valence-electron chi connectivity index (χ0n) is 8.78. The summed E-state index contributed by atoms with van der Waals surface area (Å²) >= 11 is 0. The first-order valence-corrected chi connectivity index (χ1v) is 5.11. The van der Waals surface area contributed by atoms with Gasteiger partial charge in [0.25, 0.3) is 0 Å². The molecule has 1 saturated heterocycles. The number of aliphatic hydroxyl groups excluding tert-OH is 1. The Labute approximate surface area is 85.5 Å². The first-order valence-electron chi connectivity index (χ1n) is 5.11. The second-order valence-corrected chi connectivity index (χ2v) is 3.54. The molecule has 1 fully saturated rings. The molecule has 0 amide bonds. The van der Waals surface area contributed by atoms with Gasteiger partial charge in [0, 0.05) is 26.2 Å². The molecule has 1 aliphatic rings. The Kier molecular flexibility index (Phi) is 5.11. The second-order valence-electron chi connectivity index (χ2n) is 3.54. The summed E-state index contributed by atoms with van der Waals surface area (Å²) in [4.78, 5) is 2.16. The highest BCUT2D eigenvalue weighted by atomic mass is 16.5. The van der Waals surface area contributed by atoms with Crippen LogP contribution in [0.2, 0.25) is 0 Å². The van der Waals surface area contributed by atoms with Crippen LogP contribution in [0.4, 0.5) is 0 Å². The van der Waals surface area contributed by atoms with Crippen LogP contribution in [0, 0.1) is 0 Å². The number of nitrogens with zero attached hydrogens (tertiary/aromatic N) is 1. The minimum atomic E-state index is -0.465. The highest BCUT2D eigenvalue weighted by molar-refractivity contribution is 4.76. The van der Waals surface area contributed by atoms with E-state index in [2.05, 4.69) is 16.8 Å². The van der Waals surface area contributed by atoms with E-state index >= 15 is 0 Å². The lowest BCUT2D eigenvalue weighted by Gasteiger charge is -2.35. The molecule has 82 valence electrons. The molecule has 1 heterocycles. The van der Waals surface area contributed by atoms with Crippen LogP contribution in [0.5, 0.6) is 0 Å². The van der Waals surface area contributed by atoms with Gasteiger partial charge in [-0.3, -0.25) is 4.90 Å². The summed E-state index contributed by atoms with van der Waals surface area (Å²) in [6, 6.07) is 0. The van der Waals surface area contributed by atoms with Gasteiger partial charge in [0.2, 0.25) is 0 Å².